The molecule has 0 bridgehead atoms. The maximum atomic E-state index is 13.0. The second-order valence-electron chi connectivity index (χ2n) is 4.06. The first-order valence-electron chi connectivity index (χ1n) is 5.20. The summed E-state index contributed by atoms with van der Waals surface area (Å²) in [5.41, 5.74) is -3.41. The summed E-state index contributed by atoms with van der Waals surface area (Å²) in [7, 11) is 1.45. The van der Waals surface area contributed by atoms with E-state index >= 15 is 0 Å². The highest BCUT2D eigenvalue weighted by Crippen LogP contribution is 2.49. The van der Waals surface area contributed by atoms with Crippen molar-refractivity contribution in [2.75, 3.05) is 17.7 Å². The number of carbonyl (C=O) groups is 1. The molecule has 98 valence electrons. The van der Waals surface area contributed by atoms with Crippen molar-refractivity contribution >= 4 is 17.3 Å². The molecule has 1 aromatic carbocycles. The number of halogens is 3. The zero-order valence-corrected chi connectivity index (χ0v) is 9.43. The van der Waals surface area contributed by atoms with Crippen molar-refractivity contribution in [2.24, 2.45) is 0 Å². The van der Waals surface area contributed by atoms with Gasteiger partial charge in [-0.2, -0.15) is 13.2 Å². The van der Waals surface area contributed by atoms with Crippen LogP contribution in [0.5, 0.6) is 0 Å². The zero-order valence-electron chi connectivity index (χ0n) is 9.43. The van der Waals surface area contributed by atoms with Gasteiger partial charge in [-0.1, -0.05) is 6.07 Å². The average Bonchev–Trinajstić information content (AvgIpc) is 2.26. The molecule has 2 rings (SSSR count). The lowest BCUT2D eigenvalue weighted by atomic mass is 9.84. The van der Waals surface area contributed by atoms with Gasteiger partial charge >= 0.3 is 6.18 Å². The van der Waals surface area contributed by atoms with Gasteiger partial charge < -0.3 is 15.7 Å². The third-order valence-corrected chi connectivity index (χ3v) is 2.91. The van der Waals surface area contributed by atoms with Crippen molar-refractivity contribution < 1.29 is 23.1 Å². The minimum Gasteiger partial charge on any atom is -0.388 e. The van der Waals surface area contributed by atoms with Crippen molar-refractivity contribution in [3.05, 3.63) is 23.8 Å². The Morgan fingerprint density at radius 3 is 2.67 bits per heavy atom. The van der Waals surface area contributed by atoms with E-state index in [2.05, 4.69) is 10.6 Å². The molecule has 0 fully saturated rings. The number of rotatable bonds is 1. The van der Waals surface area contributed by atoms with Gasteiger partial charge in [0.2, 0.25) is 5.91 Å². The number of carbonyl (C=O) groups excluding carboxylic acids is 1. The average molecular weight is 260 g/mol. The Bertz CT molecular complexity index is 502. The monoisotopic (exact) mass is 260 g/mol. The number of anilines is 2. The molecule has 0 aromatic heterocycles. The molecule has 0 saturated carbocycles. The van der Waals surface area contributed by atoms with Gasteiger partial charge in [0.25, 0.3) is 0 Å². The topological polar surface area (TPSA) is 61.4 Å². The number of hydrogen-bond donors (Lipinski definition) is 3. The van der Waals surface area contributed by atoms with Crippen LogP contribution in [0.4, 0.5) is 24.5 Å². The Kier molecular flexibility index (Phi) is 2.73. The van der Waals surface area contributed by atoms with Crippen molar-refractivity contribution in [1.29, 1.82) is 0 Å². The van der Waals surface area contributed by atoms with Gasteiger partial charge in [0, 0.05) is 24.0 Å². The molecule has 3 N–H and O–H groups in total. The summed E-state index contributed by atoms with van der Waals surface area (Å²) in [6, 6.07) is 4.23. The van der Waals surface area contributed by atoms with Gasteiger partial charge in [-0.25, -0.2) is 0 Å². The molecule has 0 radical (unpaired) electrons. The van der Waals surface area contributed by atoms with E-state index in [1.54, 1.807) is 0 Å². The van der Waals surface area contributed by atoms with Crippen LogP contribution in [0, 0.1) is 0 Å². The van der Waals surface area contributed by atoms with E-state index in [9.17, 15) is 23.1 Å². The molecule has 0 saturated heterocycles. The van der Waals surface area contributed by atoms with Crippen molar-refractivity contribution in [1.82, 2.24) is 0 Å². The summed E-state index contributed by atoms with van der Waals surface area (Å²) in [6.07, 6.45) is -5.96. The molecule has 7 heteroatoms. The molecule has 18 heavy (non-hydrogen) atoms. The molecular formula is C11H11F3N2O2. The number of benzene rings is 1. The third kappa shape index (κ3) is 1.71. The summed E-state index contributed by atoms with van der Waals surface area (Å²) < 4.78 is 39.1. The predicted octanol–water partition coefficient (Wildman–Crippen LogP) is 1.82. The Balaban J connectivity index is 2.71. The molecular weight excluding hydrogens is 249 g/mol. The first-order valence-corrected chi connectivity index (χ1v) is 5.20. The molecule has 1 aliphatic rings. The molecule has 0 spiro atoms. The molecule has 1 aliphatic heterocycles. The SMILES string of the molecule is CNc1cccc2c1C(O)(C(F)(F)F)CC(=O)N2. The molecule has 0 aliphatic carbocycles. The van der Waals surface area contributed by atoms with Crippen LogP contribution in [0.15, 0.2) is 18.2 Å². The number of hydrogen-bond acceptors (Lipinski definition) is 3. The Labute approximate surface area is 101 Å². The van der Waals surface area contributed by atoms with Crippen LogP contribution in [-0.4, -0.2) is 24.2 Å². The van der Waals surface area contributed by atoms with Crippen LogP contribution in [0.25, 0.3) is 0 Å². The first kappa shape index (κ1) is 12.7. The highest BCUT2D eigenvalue weighted by Gasteiger charge is 2.59. The van der Waals surface area contributed by atoms with Crippen LogP contribution >= 0.6 is 0 Å². The van der Waals surface area contributed by atoms with E-state index in [-0.39, 0.29) is 16.9 Å². The lowest BCUT2D eigenvalue weighted by Gasteiger charge is -2.36. The quantitative estimate of drug-likeness (QED) is 0.721. The zero-order chi connectivity index (χ0) is 13.6. The van der Waals surface area contributed by atoms with Crippen LogP contribution in [-0.2, 0) is 10.4 Å². The normalized spacial score (nSPS) is 23.3. The molecule has 4 nitrogen and oxygen atoms in total. The van der Waals surface area contributed by atoms with E-state index < -0.39 is 24.1 Å². The van der Waals surface area contributed by atoms with Gasteiger partial charge in [-0.3, -0.25) is 4.79 Å². The van der Waals surface area contributed by atoms with E-state index in [4.69, 9.17) is 0 Å². The summed E-state index contributed by atoms with van der Waals surface area (Å²) in [4.78, 5) is 11.3. The second kappa shape index (κ2) is 3.88. The Hall–Kier alpha value is -1.76. The summed E-state index contributed by atoms with van der Waals surface area (Å²) in [5.74, 6) is -0.865. The number of amides is 1. The number of nitrogens with one attached hydrogen (secondary N) is 2. The van der Waals surface area contributed by atoms with Crippen molar-refractivity contribution in [2.45, 2.75) is 18.2 Å². The van der Waals surface area contributed by atoms with E-state index in [1.807, 2.05) is 0 Å². The van der Waals surface area contributed by atoms with Crippen LogP contribution in [0.1, 0.15) is 12.0 Å². The van der Waals surface area contributed by atoms with Crippen LogP contribution in [0.3, 0.4) is 0 Å². The highest BCUT2D eigenvalue weighted by molar-refractivity contribution is 5.97. The van der Waals surface area contributed by atoms with Crippen LogP contribution < -0.4 is 10.6 Å². The fraction of sp³-hybridized carbons (Fsp3) is 0.364. The highest BCUT2D eigenvalue weighted by atomic mass is 19.4. The molecule has 1 heterocycles. The summed E-state index contributed by atoms with van der Waals surface area (Å²) >= 11 is 0. The van der Waals surface area contributed by atoms with Crippen molar-refractivity contribution in [3.8, 4) is 0 Å². The lowest BCUT2D eigenvalue weighted by Crippen LogP contribution is -2.48. The summed E-state index contributed by atoms with van der Waals surface area (Å²) in [5, 5.41) is 14.8. The number of aliphatic hydroxyl groups is 1. The van der Waals surface area contributed by atoms with Gasteiger partial charge in [-0.05, 0) is 12.1 Å². The van der Waals surface area contributed by atoms with Crippen LogP contribution in [0.2, 0.25) is 0 Å². The lowest BCUT2D eigenvalue weighted by molar-refractivity contribution is -0.267. The predicted molar refractivity (Wildman–Crippen MR) is 59.2 cm³/mol. The second-order valence-corrected chi connectivity index (χ2v) is 4.06. The number of alkyl halides is 3. The fourth-order valence-corrected chi connectivity index (χ4v) is 2.07. The Morgan fingerprint density at radius 1 is 1.44 bits per heavy atom. The van der Waals surface area contributed by atoms with E-state index in [0.717, 1.165) is 0 Å². The van der Waals surface area contributed by atoms with Gasteiger partial charge in [0.05, 0.1) is 6.42 Å². The maximum Gasteiger partial charge on any atom is 0.422 e. The Morgan fingerprint density at radius 2 is 2.11 bits per heavy atom. The summed E-state index contributed by atoms with van der Waals surface area (Å²) in [6.45, 7) is 0. The molecule has 1 unspecified atom stereocenters. The van der Waals surface area contributed by atoms with E-state index in [0.29, 0.717) is 0 Å². The standard InChI is InChI=1S/C11H11F3N2O2/c1-15-6-3-2-4-7-9(6)10(18,11(12,13)14)5-8(17)16-7/h2-4,15,18H,5H2,1H3,(H,16,17). The van der Waals surface area contributed by atoms with E-state index in [1.165, 1.54) is 25.2 Å². The van der Waals surface area contributed by atoms with Gasteiger partial charge in [-0.15, -0.1) is 0 Å². The molecule has 1 aromatic rings. The first-order chi connectivity index (χ1) is 8.29. The minimum atomic E-state index is -4.92. The largest absolute Gasteiger partial charge is 0.422 e. The minimum absolute atomic E-state index is 0.0297. The van der Waals surface area contributed by atoms with Crippen molar-refractivity contribution in [3.63, 3.8) is 0 Å². The fourth-order valence-electron chi connectivity index (χ4n) is 2.07. The van der Waals surface area contributed by atoms with Gasteiger partial charge in [0.1, 0.15) is 0 Å². The smallest absolute Gasteiger partial charge is 0.388 e. The maximum absolute atomic E-state index is 13.0. The van der Waals surface area contributed by atoms with Gasteiger partial charge in [0.15, 0.2) is 5.60 Å². The number of fused-ring (bicyclic) bond motifs is 1. The third-order valence-electron chi connectivity index (χ3n) is 2.91. The molecule has 1 atom stereocenters. The molecule has 1 amide bonds.